The number of rotatable bonds is 13. The highest BCUT2D eigenvalue weighted by Crippen LogP contribution is 2.60. The molecule has 0 spiro atoms. The van der Waals surface area contributed by atoms with Gasteiger partial charge in [0.25, 0.3) is 0 Å². The van der Waals surface area contributed by atoms with Gasteiger partial charge >= 0.3 is 35.8 Å². The predicted molar refractivity (Wildman–Crippen MR) is 129 cm³/mol. The quantitative estimate of drug-likeness (QED) is 0.173. The first kappa shape index (κ1) is 36.0. The Hall–Kier alpha value is -2.18. The molecular formula is C23H21ClF11NO4S2. The van der Waals surface area contributed by atoms with Gasteiger partial charge in [0.15, 0.2) is 0 Å². The van der Waals surface area contributed by atoms with Gasteiger partial charge in [-0.25, -0.2) is 17.5 Å². The molecule has 5 nitrogen and oxygen atoms in total. The summed E-state index contributed by atoms with van der Waals surface area (Å²) >= 11 is 6.44. The standard InChI is InChI=1S/C23H21ClF11NO4S2/c1-40-18(37)4-2-3-14-7-10-17(41-14)16(36-42(38,39)15-8-5-13(24)6-9-15)11-12-19(25,26)21(28,29)20(27,22(30,31)32)23(33,34)35/h5-10,16,36H,2-4,11-12H2,1H3. The van der Waals surface area contributed by atoms with Crippen LogP contribution in [0.4, 0.5) is 48.3 Å². The van der Waals surface area contributed by atoms with E-state index in [1.165, 1.54) is 6.07 Å². The zero-order chi connectivity index (χ0) is 32.4. The molecule has 19 heteroatoms. The monoisotopic (exact) mass is 683 g/mol. The Kier molecular flexibility index (Phi) is 11.0. The molecule has 2 rings (SSSR count). The van der Waals surface area contributed by atoms with Crippen LogP contribution in [0.15, 0.2) is 41.3 Å². The number of aryl methyl sites for hydroxylation is 1. The molecule has 0 amide bonds. The fourth-order valence-electron chi connectivity index (χ4n) is 3.60. The van der Waals surface area contributed by atoms with E-state index in [2.05, 4.69) is 4.74 Å². The van der Waals surface area contributed by atoms with Gasteiger partial charge < -0.3 is 4.74 Å². The van der Waals surface area contributed by atoms with Crippen molar-refractivity contribution in [2.24, 2.45) is 0 Å². The number of carbonyl (C=O) groups excluding carboxylic acids is 1. The minimum absolute atomic E-state index is 0.0406. The van der Waals surface area contributed by atoms with Gasteiger partial charge in [-0.3, -0.25) is 4.79 Å². The van der Waals surface area contributed by atoms with E-state index in [0.29, 0.717) is 4.88 Å². The van der Waals surface area contributed by atoms with Crippen molar-refractivity contribution >= 4 is 38.9 Å². The molecule has 1 heterocycles. The van der Waals surface area contributed by atoms with Gasteiger partial charge in [0.2, 0.25) is 10.0 Å². The molecule has 0 aliphatic heterocycles. The molecule has 1 aromatic carbocycles. The number of methoxy groups -OCH3 is 1. The average Bonchev–Trinajstić information content (AvgIpc) is 3.33. The number of hydrogen-bond acceptors (Lipinski definition) is 5. The summed E-state index contributed by atoms with van der Waals surface area (Å²) in [5.74, 6) is -14.2. The molecule has 0 fully saturated rings. The highest BCUT2D eigenvalue weighted by atomic mass is 35.5. The fourth-order valence-corrected chi connectivity index (χ4v) is 6.20. The van der Waals surface area contributed by atoms with Gasteiger partial charge in [-0.15, -0.1) is 11.3 Å². The second kappa shape index (κ2) is 12.8. The smallest absolute Gasteiger partial charge is 0.438 e. The van der Waals surface area contributed by atoms with Gasteiger partial charge in [-0.05, 0) is 55.7 Å². The average molecular weight is 684 g/mol. The molecule has 0 saturated heterocycles. The number of benzene rings is 1. The topological polar surface area (TPSA) is 72.5 Å². The first-order valence-electron chi connectivity index (χ1n) is 11.5. The Labute approximate surface area is 241 Å². The third kappa shape index (κ3) is 7.66. The molecule has 0 radical (unpaired) electrons. The van der Waals surface area contributed by atoms with Gasteiger partial charge in [0, 0.05) is 27.6 Å². The van der Waals surface area contributed by atoms with Crippen molar-refractivity contribution in [2.75, 3.05) is 7.11 Å². The second-order valence-corrected chi connectivity index (χ2v) is 12.2. The van der Waals surface area contributed by atoms with E-state index < -0.39 is 69.6 Å². The lowest BCUT2D eigenvalue weighted by molar-refractivity contribution is -0.427. The Bertz CT molecular complexity index is 1310. The Morgan fingerprint density at radius 1 is 0.929 bits per heavy atom. The van der Waals surface area contributed by atoms with E-state index in [4.69, 9.17) is 11.6 Å². The minimum Gasteiger partial charge on any atom is -0.469 e. The molecule has 0 aliphatic rings. The Balaban J connectivity index is 2.44. The normalized spacial score (nSPS) is 14.6. The van der Waals surface area contributed by atoms with Crippen LogP contribution in [0.3, 0.4) is 0 Å². The number of carbonyl (C=O) groups is 1. The van der Waals surface area contributed by atoms with Crippen molar-refractivity contribution in [2.45, 2.75) is 72.9 Å². The largest absolute Gasteiger partial charge is 0.469 e. The van der Waals surface area contributed by atoms with E-state index in [1.807, 2.05) is 4.72 Å². The Morgan fingerprint density at radius 2 is 1.48 bits per heavy atom. The van der Waals surface area contributed by atoms with E-state index in [0.717, 1.165) is 48.8 Å². The third-order valence-corrected chi connectivity index (χ3v) is 8.90. The molecule has 1 N–H and O–H groups in total. The molecule has 42 heavy (non-hydrogen) atoms. The van der Waals surface area contributed by atoms with Crippen molar-refractivity contribution in [1.29, 1.82) is 0 Å². The number of sulfonamides is 1. The van der Waals surface area contributed by atoms with Crippen LogP contribution < -0.4 is 4.72 Å². The molecule has 0 saturated carbocycles. The molecule has 1 atom stereocenters. The van der Waals surface area contributed by atoms with Crippen LogP contribution in [-0.2, 0) is 26.0 Å². The Morgan fingerprint density at radius 3 is 1.98 bits per heavy atom. The van der Waals surface area contributed by atoms with Crippen LogP contribution in [0, 0.1) is 0 Å². The summed E-state index contributed by atoms with van der Waals surface area (Å²) in [6, 6.07) is 4.82. The lowest BCUT2D eigenvalue weighted by Crippen LogP contribution is -2.70. The maximum atomic E-state index is 14.5. The lowest BCUT2D eigenvalue weighted by Gasteiger charge is -2.39. The summed E-state index contributed by atoms with van der Waals surface area (Å²) in [6.07, 6.45) is -18.6. The molecular weight excluding hydrogens is 663 g/mol. The SMILES string of the molecule is COC(=O)CCCc1ccc(C(CCC(F)(F)C(F)(F)C(F)(C(F)(F)F)C(F)(F)F)NS(=O)(=O)c2ccc(Cl)cc2)s1. The summed E-state index contributed by atoms with van der Waals surface area (Å²) < 4.78 is 181. The fraction of sp³-hybridized carbons (Fsp3) is 0.522. The van der Waals surface area contributed by atoms with Gasteiger partial charge in [0.1, 0.15) is 0 Å². The van der Waals surface area contributed by atoms with E-state index in [9.17, 15) is 61.5 Å². The van der Waals surface area contributed by atoms with Crippen LogP contribution in [0.25, 0.3) is 0 Å². The number of ether oxygens (including phenoxy) is 1. The number of alkyl halides is 11. The number of thiophene rings is 1. The summed E-state index contributed by atoms with van der Waals surface area (Å²) in [7, 11) is -3.52. The summed E-state index contributed by atoms with van der Waals surface area (Å²) in [6.45, 7) is 0. The molecule has 2 aromatic rings. The van der Waals surface area contributed by atoms with Crippen molar-refractivity contribution in [3.63, 3.8) is 0 Å². The van der Waals surface area contributed by atoms with Crippen LogP contribution in [0.1, 0.15) is 41.5 Å². The second-order valence-electron chi connectivity index (χ2n) is 8.83. The highest BCUT2D eigenvalue weighted by molar-refractivity contribution is 7.89. The van der Waals surface area contributed by atoms with Crippen LogP contribution in [0.5, 0.6) is 0 Å². The van der Waals surface area contributed by atoms with E-state index in [1.54, 1.807) is 0 Å². The van der Waals surface area contributed by atoms with Crippen LogP contribution in [0.2, 0.25) is 5.02 Å². The third-order valence-electron chi connectivity index (χ3n) is 5.90. The summed E-state index contributed by atoms with van der Waals surface area (Å²) in [4.78, 5) is 11.1. The molecule has 0 bridgehead atoms. The minimum atomic E-state index is -7.62. The van der Waals surface area contributed by atoms with Crippen molar-refractivity contribution in [3.8, 4) is 0 Å². The number of nitrogens with one attached hydrogen (secondary N) is 1. The predicted octanol–water partition coefficient (Wildman–Crippen LogP) is 7.80. The highest BCUT2D eigenvalue weighted by Gasteiger charge is 2.89. The number of halogens is 12. The van der Waals surface area contributed by atoms with E-state index >= 15 is 0 Å². The van der Waals surface area contributed by atoms with Gasteiger partial charge in [0.05, 0.1) is 18.0 Å². The summed E-state index contributed by atoms with van der Waals surface area (Å²) in [5, 5.41) is 0.0891. The van der Waals surface area contributed by atoms with Gasteiger partial charge in [-0.2, -0.15) is 43.9 Å². The van der Waals surface area contributed by atoms with E-state index in [-0.39, 0.29) is 29.2 Å². The first-order chi connectivity index (χ1) is 19.0. The van der Waals surface area contributed by atoms with Crippen LogP contribution >= 0.6 is 22.9 Å². The number of hydrogen-bond donors (Lipinski definition) is 1. The first-order valence-corrected chi connectivity index (χ1v) is 14.2. The maximum absolute atomic E-state index is 14.5. The van der Waals surface area contributed by atoms with Crippen molar-refractivity contribution < 1.29 is 66.2 Å². The molecule has 1 aromatic heterocycles. The lowest BCUT2D eigenvalue weighted by atomic mass is 9.88. The maximum Gasteiger partial charge on any atom is 0.438 e. The van der Waals surface area contributed by atoms with Gasteiger partial charge in [-0.1, -0.05) is 11.6 Å². The zero-order valence-corrected chi connectivity index (χ0v) is 23.5. The molecule has 238 valence electrons. The zero-order valence-electron chi connectivity index (χ0n) is 21.1. The number of esters is 1. The van der Waals surface area contributed by atoms with Crippen molar-refractivity contribution in [3.05, 3.63) is 51.2 Å². The summed E-state index contributed by atoms with van der Waals surface area (Å²) in [5.41, 5.74) is -7.62. The van der Waals surface area contributed by atoms with Crippen molar-refractivity contribution in [1.82, 2.24) is 4.72 Å². The molecule has 0 aliphatic carbocycles. The van der Waals surface area contributed by atoms with Crippen LogP contribution in [-0.4, -0.2) is 51.4 Å². The molecule has 1 unspecified atom stereocenters.